The molecule has 4 atom stereocenters. The molecule has 0 amide bonds. The number of nitrogens with zero attached hydrogens (tertiary/aromatic N) is 5. The lowest BCUT2D eigenvalue weighted by Gasteiger charge is -2.38. The molecule has 1 N–H and O–H groups in total. The van der Waals surface area contributed by atoms with E-state index < -0.39 is 0 Å². The summed E-state index contributed by atoms with van der Waals surface area (Å²) >= 11 is 0. The van der Waals surface area contributed by atoms with Crippen LogP contribution in [-0.2, 0) is 16.1 Å². The van der Waals surface area contributed by atoms with E-state index in [2.05, 4.69) is 63.0 Å². The number of fused-ring (bicyclic) bond motifs is 1. The van der Waals surface area contributed by atoms with Gasteiger partial charge in [-0.2, -0.15) is 0 Å². The molecule has 1 fully saturated rings. The molecule has 2 aromatic carbocycles. The number of aromatic nitrogens is 4. The number of ether oxygens (including phenoxy) is 4. The number of hydrogen-bond acceptors (Lipinski definition) is 9. The number of hydrogen-bond donors (Lipinski definition) is 1. The highest BCUT2D eigenvalue weighted by atomic mass is 16.5. The van der Waals surface area contributed by atoms with E-state index in [1.807, 2.05) is 23.7 Å². The van der Waals surface area contributed by atoms with Gasteiger partial charge in [-0.05, 0) is 78.9 Å². The molecule has 10 heteroatoms. The normalized spacial score (nSPS) is 21.5. The molecule has 2 aliphatic rings. The second-order valence-electron chi connectivity index (χ2n) is 10.8. The monoisotopic (exact) mass is 550 g/mol. The van der Waals surface area contributed by atoms with Crippen LogP contribution in [0.25, 0.3) is 0 Å². The molecule has 1 aromatic heterocycles. The van der Waals surface area contributed by atoms with Gasteiger partial charge in [-0.25, -0.2) is 4.68 Å². The van der Waals surface area contributed by atoms with E-state index in [0.717, 1.165) is 74.1 Å². The predicted molar refractivity (Wildman–Crippen MR) is 153 cm³/mol. The molecule has 10 nitrogen and oxygen atoms in total. The van der Waals surface area contributed by atoms with E-state index in [0.29, 0.717) is 19.3 Å². The first kappa shape index (κ1) is 28.3. The fourth-order valence-corrected chi connectivity index (χ4v) is 5.92. The number of rotatable bonds is 12. The minimum absolute atomic E-state index is 0.0415. The molecular formula is C30H42N6O4. The Morgan fingerprint density at radius 2 is 2.00 bits per heavy atom. The summed E-state index contributed by atoms with van der Waals surface area (Å²) in [6, 6.07) is 15.4. The third kappa shape index (κ3) is 6.74. The summed E-state index contributed by atoms with van der Waals surface area (Å²) in [7, 11) is 3.45. The number of aryl methyl sites for hydroxylation is 1. The van der Waals surface area contributed by atoms with Gasteiger partial charge in [-0.15, -0.1) is 5.10 Å². The number of methoxy groups -OCH3 is 2. The molecule has 3 heterocycles. The lowest BCUT2D eigenvalue weighted by molar-refractivity contribution is 0.00121. The average Bonchev–Trinajstić information content (AvgIpc) is 3.42. The van der Waals surface area contributed by atoms with Gasteiger partial charge in [-0.1, -0.05) is 18.2 Å². The van der Waals surface area contributed by atoms with Gasteiger partial charge in [0.1, 0.15) is 23.9 Å². The highest BCUT2D eigenvalue weighted by molar-refractivity contribution is 5.61. The van der Waals surface area contributed by atoms with Gasteiger partial charge < -0.3 is 29.2 Å². The molecule has 0 aliphatic carbocycles. The minimum Gasteiger partial charge on any atom is -0.497 e. The van der Waals surface area contributed by atoms with Gasteiger partial charge in [0.2, 0.25) is 0 Å². The summed E-state index contributed by atoms with van der Waals surface area (Å²) in [6.45, 7) is 8.74. The Labute approximate surface area is 236 Å². The second kappa shape index (κ2) is 13.4. The zero-order valence-electron chi connectivity index (χ0n) is 24.1. The van der Waals surface area contributed by atoms with Crippen LogP contribution < -0.4 is 19.7 Å². The van der Waals surface area contributed by atoms with Gasteiger partial charge in [-0.3, -0.25) is 0 Å². The molecular weight excluding hydrogens is 508 g/mol. The third-order valence-electron chi connectivity index (χ3n) is 8.06. The van der Waals surface area contributed by atoms with Crippen LogP contribution in [0.5, 0.6) is 11.5 Å². The van der Waals surface area contributed by atoms with Gasteiger partial charge >= 0.3 is 0 Å². The van der Waals surface area contributed by atoms with Crippen molar-refractivity contribution in [1.82, 2.24) is 25.5 Å². The number of nitrogens with one attached hydrogen (secondary N) is 1. The van der Waals surface area contributed by atoms with Crippen LogP contribution >= 0.6 is 0 Å². The summed E-state index contributed by atoms with van der Waals surface area (Å²) in [5.74, 6) is 2.90. The average molecular weight is 551 g/mol. The van der Waals surface area contributed by atoms with E-state index in [9.17, 15) is 0 Å². The summed E-state index contributed by atoms with van der Waals surface area (Å²) in [4.78, 5) is 2.39. The standard InChI is InChI=1S/C30H42N6O4/c1-21(36-22(2)32-33-34-36)16-25-18-27(24-7-9-26(38-4)10-8-24)30(19-31-25)40-20-23-6-11-29-28(17-23)35(13-15-39-29)12-5-14-37-3/h6-11,17,21,25,27,30-31H,5,12-16,18-20H2,1-4H3/t21-,25+,27?,30+/m1/s1. The van der Waals surface area contributed by atoms with Crippen LogP contribution in [0.3, 0.4) is 0 Å². The van der Waals surface area contributed by atoms with Crippen molar-refractivity contribution in [1.29, 1.82) is 0 Å². The van der Waals surface area contributed by atoms with Crippen molar-refractivity contribution in [3.63, 3.8) is 0 Å². The van der Waals surface area contributed by atoms with Gasteiger partial charge in [0.15, 0.2) is 0 Å². The number of anilines is 1. The zero-order valence-corrected chi connectivity index (χ0v) is 24.1. The number of benzene rings is 2. The molecule has 216 valence electrons. The molecule has 2 aliphatic heterocycles. The molecule has 40 heavy (non-hydrogen) atoms. The molecule has 1 saturated heterocycles. The largest absolute Gasteiger partial charge is 0.497 e. The van der Waals surface area contributed by atoms with Gasteiger partial charge in [0.05, 0.1) is 38.1 Å². The number of tetrazole rings is 1. The Kier molecular flexibility index (Phi) is 9.51. The third-order valence-corrected chi connectivity index (χ3v) is 8.06. The molecule has 0 radical (unpaired) electrons. The maximum atomic E-state index is 6.65. The summed E-state index contributed by atoms with van der Waals surface area (Å²) in [5.41, 5.74) is 3.56. The number of piperidine rings is 1. The van der Waals surface area contributed by atoms with Crippen molar-refractivity contribution < 1.29 is 18.9 Å². The van der Waals surface area contributed by atoms with Crippen molar-refractivity contribution in [2.24, 2.45) is 0 Å². The van der Waals surface area contributed by atoms with Gasteiger partial charge in [0.25, 0.3) is 0 Å². The lowest BCUT2D eigenvalue weighted by Crippen LogP contribution is -2.47. The zero-order chi connectivity index (χ0) is 27.9. The minimum atomic E-state index is 0.0415. The SMILES string of the molecule is COCCCN1CCOc2ccc(CO[C@H]3CN[C@@H](C[C@@H](C)n4nnnc4C)CC3c3ccc(OC)cc3)cc21. The topological polar surface area (TPSA) is 95.8 Å². The van der Waals surface area contributed by atoms with E-state index >= 15 is 0 Å². The first-order valence-electron chi connectivity index (χ1n) is 14.3. The smallest absolute Gasteiger partial charge is 0.148 e. The van der Waals surface area contributed by atoms with Crippen molar-refractivity contribution in [3.8, 4) is 11.5 Å². The Hall–Kier alpha value is -3.21. The molecule has 0 bridgehead atoms. The Balaban J connectivity index is 1.28. The van der Waals surface area contributed by atoms with Crippen LogP contribution in [0.4, 0.5) is 5.69 Å². The summed E-state index contributed by atoms with van der Waals surface area (Å²) < 4.78 is 25.2. The first-order valence-corrected chi connectivity index (χ1v) is 14.3. The Morgan fingerprint density at radius 3 is 2.75 bits per heavy atom. The summed E-state index contributed by atoms with van der Waals surface area (Å²) in [6.07, 6.45) is 2.93. The fourth-order valence-electron chi connectivity index (χ4n) is 5.92. The van der Waals surface area contributed by atoms with Crippen LogP contribution in [0.2, 0.25) is 0 Å². The molecule has 1 unspecified atom stereocenters. The van der Waals surface area contributed by atoms with E-state index in [1.165, 1.54) is 5.56 Å². The Bertz CT molecular complexity index is 1220. The van der Waals surface area contributed by atoms with Crippen LogP contribution in [0.1, 0.15) is 55.1 Å². The highest BCUT2D eigenvalue weighted by Crippen LogP contribution is 2.36. The van der Waals surface area contributed by atoms with Crippen LogP contribution in [0, 0.1) is 6.92 Å². The molecule has 0 saturated carbocycles. The lowest BCUT2D eigenvalue weighted by atomic mass is 9.82. The van der Waals surface area contributed by atoms with Crippen LogP contribution in [-0.4, -0.2) is 79.4 Å². The van der Waals surface area contributed by atoms with Crippen molar-refractivity contribution in [3.05, 3.63) is 59.4 Å². The van der Waals surface area contributed by atoms with Crippen LogP contribution in [0.15, 0.2) is 42.5 Å². The molecule has 3 aromatic rings. The van der Waals surface area contributed by atoms with Crippen molar-refractivity contribution in [2.75, 3.05) is 52.0 Å². The quantitative estimate of drug-likeness (QED) is 0.337. The van der Waals surface area contributed by atoms with E-state index in [-0.39, 0.29) is 18.1 Å². The molecule has 0 spiro atoms. The van der Waals surface area contributed by atoms with Gasteiger partial charge in [0, 0.05) is 38.8 Å². The predicted octanol–water partition coefficient (Wildman–Crippen LogP) is 3.91. The maximum absolute atomic E-state index is 6.65. The van der Waals surface area contributed by atoms with E-state index in [1.54, 1.807) is 14.2 Å². The highest BCUT2D eigenvalue weighted by Gasteiger charge is 2.33. The first-order chi connectivity index (χ1) is 19.6. The summed E-state index contributed by atoms with van der Waals surface area (Å²) in [5, 5.41) is 15.8. The molecule has 5 rings (SSSR count). The second-order valence-corrected chi connectivity index (χ2v) is 10.8. The van der Waals surface area contributed by atoms with Crippen molar-refractivity contribution in [2.45, 2.75) is 63.8 Å². The van der Waals surface area contributed by atoms with Crippen molar-refractivity contribution >= 4 is 5.69 Å². The van der Waals surface area contributed by atoms with E-state index in [4.69, 9.17) is 18.9 Å². The fraction of sp³-hybridized carbons (Fsp3) is 0.567. The Morgan fingerprint density at radius 1 is 1.15 bits per heavy atom. The maximum Gasteiger partial charge on any atom is 0.148 e.